The normalized spacial score (nSPS) is 15.6. The van der Waals surface area contributed by atoms with Crippen LogP contribution in [0, 0.1) is 23.5 Å². The van der Waals surface area contributed by atoms with Gasteiger partial charge < -0.3 is 147 Å². The summed E-state index contributed by atoms with van der Waals surface area (Å²) in [5.74, 6) is -21.7. The van der Waals surface area contributed by atoms with Gasteiger partial charge in [-0.3, -0.25) is 76.7 Å². The van der Waals surface area contributed by atoms with Gasteiger partial charge in [-0.1, -0.05) is 96.4 Å². The predicted molar refractivity (Wildman–Crippen MR) is 534 cm³/mol. The van der Waals surface area contributed by atoms with Gasteiger partial charge in [-0.2, -0.15) is 0 Å². The Balaban J connectivity index is 0.882. The van der Waals surface area contributed by atoms with Gasteiger partial charge >= 0.3 is 11.9 Å². The van der Waals surface area contributed by atoms with Crippen LogP contribution in [0.15, 0.2) is 110 Å². The molecule has 1 aromatic heterocycles. The number of unbranched alkanes of at least 4 members (excludes halogenated alkanes) is 5. The summed E-state index contributed by atoms with van der Waals surface area (Å²) in [6.07, 6.45) is 0.0399. The molecule has 0 radical (unpaired) electrons. The van der Waals surface area contributed by atoms with Crippen molar-refractivity contribution < 1.29 is 136 Å². The fourth-order valence-electron chi connectivity index (χ4n) is 17.0. The quantitative estimate of drug-likeness (QED) is 0.0138. The van der Waals surface area contributed by atoms with Crippen LogP contribution in [0.25, 0.3) is 0 Å². The predicted octanol–water partition coefficient (Wildman–Crippen LogP) is 0.195. The molecule has 1 fully saturated rings. The second-order valence-corrected chi connectivity index (χ2v) is 37.9. The highest BCUT2D eigenvalue weighted by Crippen LogP contribution is 2.57. The zero-order chi connectivity index (χ0) is 109. The first kappa shape index (κ1) is 117. The number of aliphatic hydroxyl groups excluding tert-OH is 3. The number of benzene rings is 5. The van der Waals surface area contributed by atoms with Gasteiger partial charge in [-0.05, 0) is 175 Å². The number of phenols is 3. The number of esters is 1. The van der Waals surface area contributed by atoms with E-state index in [1.165, 1.54) is 74.0 Å². The molecule has 6 aromatic rings. The lowest BCUT2D eigenvalue weighted by Crippen LogP contribution is -2.62. The van der Waals surface area contributed by atoms with Crippen molar-refractivity contribution >= 4 is 124 Å². The summed E-state index contributed by atoms with van der Waals surface area (Å²) in [5, 5.41) is 111. The lowest BCUT2D eigenvalue weighted by Gasteiger charge is -2.36. The molecule has 1 saturated carbocycles. The molecule has 15 amide bonds. The Morgan fingerprint density at radius 1 is 0.503 bits per heavy atom. The first-order chi connectivity index (χ1) is 70.8. The molecular weight excluding hydrogens is 1970 g/mol. The molecule has 46 nitrogen and oxygen atoms in total. The molecule has 1 spiro atoms. The fourth-order valence-corrected chi connectivity index (χ4v) is 17.2. The van der Waals surface area contributed by atoms with Gasteiger partial charge in [0.1, 0.15) is 107 Å². The van der Waals surface area contributed by atoms with Crippen LogP contribution in [0.1, 0.15) is 207 Å². The van der Waals surface area contributed by atoms with Gasteiger partial charge in [0.25, 0.3) is 0 Å². The number of nitrogens with zero attached hydrogens (tertiary/aromatic N) is 1. The Kier molecular flexibility index (Phi) is 44.3. The summed E-state index contributed by atoms with van der Waals surface area (Å²) >= 11 is 5.56. The minimum absolute atomic E-state index is 0.0108. The number of carboxylic acid groups (broad SMARTS) is 1. The fraction of sp³-hybridized carbons (Fsp3) is 0.490. The van der Waals surface area contributed by atoms with Crippen molar-refractivity contribution in [2.45, 2.75) is 279 Å². The lowest BCUT2D eigenvalue weighted by atomic mass is 9.77. The summed E-state index contributed by atoms with van der Waals surface area (Å²) in [7, 11) is 0. The van der Waals surface area contributed by atoms with Crippen molar-refractivity contribution in [2.75, 3.05) is 25.0 Å². The third kappa shape index (κ3) is 34.5. The Hall–Kier alpha value is -15.1. The van der Waals surface area contributed by atoms with E-state index < -0.39 is 260 Å². The molecule has 3 heterocycles. The second-order valence-electron chi connectivity index (χ2n) is 37.5. The first-order valence-corrected chi connectivity index (χ1v) is 49.6. The van der Waals surface area contributed by atoms with Crippen molar-refractivity contribution in [1.82, 2.24) is 84.4 Å². The number of anilines is 1. The van der Waals surface area contributed by atoms with Crippen LogP contribution in [0.5, 0.6) is 28.7 Å². The number of hydrogen-bond acceptors (Lipinski definition) is 28. The maximum Gasteiger partial charge on any atom is 0.340 e. The highest BCUT2D eigenvalue weighted by atomic mass is 32.1. The van der Waals surface area contributed by atoms with Crippen LogP contribution in [0.4, 0.5) is 14.5 Å². The smallest absolute Gasteiger partial charge is 0.340 e. The van der Waals surface area contributed by atoms with Gasteiger partial charge in [0.05, 0.1) is 36.4 Å². The van der Waals surface area contributed by atoms with Crippen molar-refractivity contribution in [3.05, 3.63) is 160 Å². The van der Waals surface area contributed by atoms with E-state index in [4.69, 9.17) is 38.9 Å². The largest absolute Gasteiger partial charge is 0.508 e. The summed E-state index contributed by atoms with van der Waals surface area (Å²) in [4.78, 5) is 246. The maximum absolute atomic E-state index is 15.2. The number of H-pyrrole nitrogens is 1. The molecule has 15 atom stereocenters. The molecule has 149 heavy (non-hydrogen) atoms. The van der Waals surface area contributed by atoms with Crippen molar-refractivity contribution in [3.8, 4) is 28.7 Å². The van der Waals surface area contributed by atoms with Crippen LogP contribution in [0.3, 0.4) is 0 Å². The van der Waals surface area contributed by atoms with Gasteiger partial charge in [-0.25, -0.2) is 18.6 Å². The molecule has 2 aliphatic heterocycles. The van der Waals surface area contributed by atoms with Crippen LogP contribution in [-0.4, -0.2) is 262 Å². The molecule has 0 saturated heterocycles. The number of carbonyl (C=O) groups excluding carboxylic acids is 16. The molecule has 9 rings (SSSR count). The average Bonchev–Trinajstić information content (AvgIpc) is 1.56. The molecule has 29 N–H and O–H groups in total. The van der Waals surface area contributed by atoms with E-state index in [1.807, 2.05) is 6.92 Å². The minimum atomic E-state index is -1.99. The number of aromatic amines is 1. The summed E-state index contributed by atoms with van der Waals surface area (Å²) < 4.78 is 41.9. The number of phenolic OH excluding ortho intramolecular Hbond substituents is 3. The topological polar surface area (TPSA) is 737 Å². The number of rotatable bonds is 59. The zero-order valence-corrected chi connectivity index (χ0v) is 83.9. The number of thiocarbonyl (C=S) groups is 1. The number of fused-ring (bicyclic) bond motifs is 6. The third-order valence-electron chi connectivity index (χ3n) is 25.2. The van der Waals surface area contributed by atoms with Gasteiger partial charge in [0.15, 0.2) is 22.3 Å². The molecule has 0 bridgehead atoms. The Labute approximate surface area is 861 Å². The van der Waals surface area contributed by atoms with Gasteiger partial charge in [-0.15, -0.1) is 0 Å². The molecule has 0 unspecified atom stereocenters. The Morgan fingerprint density at radius 2 is 0.987 bits per heavy atom. The number of aliphatic carboxylic acids is 1. The van der Waals surface area contributed by atoms with Gasteiger partial charge in [0, 0.05) is 85.8 Å². The number of nitrogens with two attached hydrogens (primary N) is 3. The highest BCUT2D eigenvalue weighted by molar-refractivity contribution is 7.80. The van der Waals surface area contributed by atoms with E-state index in [9.17, 15) is 107 Å². The highest BCUT2D eigenvalue weighted by Gasteiger charge is 2.54. The summed E-state index contributed by atoms with van der Waals surface area (Å²) in [6, 6.07) is -0.991. The Bertz CT molecular complexity index is 5730. The molecule has 3 aliphatic rings. The molecular formula is C100H132F2N20O26S. The van der Waals surface area contributed by atoms with Crippen molar-refractivity contribution in [2.24, 2.45) is 29.0 Å². The Morgan fingerprint density at radius 3 is 1.52 bits per heavy atom. The van der Waals surface area contributed by atoms with Crippen LogP contribution in [0.2, 0.25) is 0 Å². The number of primary amides is 2. The molecule has 49 heteroatoms. The second kappa shape index (κ2) is 56.2. The van der Waals surface area contributed by atoms with Crippen LogP contribution >= 0.6 is 12.2 Å². The zero-order valence-electron chi connectivity index (χ0n) is 83.1. The number of hydrogen-bond donors (Lipinski definition) is 26. The number of carbonyl (C=O) groups is 17. The van der Waals surface area contributed by atoms with E-state index in [0.717, 1.165) is 39.2 Å². The van der Waals surface area contributed by atoms with E-state index in [2.05, 4.69) is 89.7 Å². The number of aromatic hydroxyl groups is 3. The molecule has 808 valence electrons. The third-order valence-corrected chi connectivity index (χ3v) is 25.5. The average molecular weight is 2100 g/mol. The number of imidazole rings is 1. The van der Waals surface area contributed by atoms with Crippen molar-refractivity contribution in [1.29, 1.82) is 0 Å². The number of amides is 15. The van der Waals surface area contributed by atoms with Crippen LogP contribution < -0.4 is 102 Å². The van der Waals surface area contributed by atoms with Crippen LogP contribution in [-0.2, 0) is 106 Å². The number of aromatic nitrogens is 2. The molecule has 5 aromatic carbocycles. The molecule has 1 aliphatic carbocycles. The van der Waals surface area contributed by atoms with E-state index in [-0.39, 0.29) is 120 Å². The van der Waals surface area contributed by atoms with E-state index in [0.29, 0.717) is 73.0 Å². The summed E-state index contributed by atoms with van der Waals surface area (Å²) in [5.41, 5.74) is 16.9. The number of aliphatic hydroxyl groups is 3. The first-order valence-electron chi connectivity index (χ1n) is 49.2. The van der Waals surface area contributed by atoms with E-state index >= 15 is 18.8 Å². The maximum atomic E-state index is 15.2. The van der Waals surface area contributed by atoms with E-state index in [1.54, 1.807) is 38.1 Å². The minimum Gasteiger partial charge on any atom is -0.508 e. The number of halogens is 2. The number of carboxylic acids is 1. The number of ether oxygens (including phenoxy) is 2. The monoisotopic (exact) mass is 2100 g/mol. The standard InChI is InChI=1S/C100H132F2N20O26S/c1-7-8-9-10-11-18-69(87(135)109-51(4)86(134)113-70(31-33-80(104)129)88(136)116-74(40-54-15-14-16-54)94(142)122-84(53(6)125)97(145)120-77(48-123)95(143)112-68(85(105)133)17-12-13-36-103)114-90(138)73(41-55-19-23-59(126)24-20-55)117-92(140)76(44-58-47-106-49-108-58)118-89(137)71(32-34-82(131)132)115-91(139)75(42-56-21-30-66(101)67(102)39-56)119-96(144)83(52(5)124)121-93(141)72(38-50(2)3)111-81(130)35-37-107-99(149)110-57-22-27-63-62(43-57)98(146)148-100(63)64-28-25-60(127)45-78(64)147-79-46-61(128)26-29-65(79)100/h19-30,39,43,45-47,49-54,68-77,83-84,123-128H,7-18,31-38,40-42,44,48,103H2,1-6H3,(H2,104,129)(H2,105,133)(H,106,108)(H,109,135)(H,111,130)(H,112,143)(H,113,134)(H,114,138)(H,115,139)(H,116,136)(H,117,140)(H,118,137)(H,119,144)(H,120,145)(H,121,141)(H,122,142)(H,131,132)(H2,107,110,149)/t51-,52+,53+,68-,69-,70-,71-,72-,73-,74-,75-,76-,77-,83-,84-/m0/s1. The number of nitrogens with one attached hydrogen (secondary N) is 16. The van der Waals surface area contributed by atoms with Gasteiger partial charge in [0.2, 0.25) is 88.6 Å². The van der Waals surface area contributed by atoms with Crippen molar-refractivity contribution in [3.63, 3.8) is 0 Å². The lowest BCUT2D eigenvalue weighted by molar-refractivity contribution is -0.139. The summed E-state index contributed by atoms with van der Waals surface area (Å²) in [6.45, 7) is 7.92. The SMILES string of the molecule is CCCCCCC[C@H](NC(=O)[C@H](Cc1ccc(O)cc1)NC(=O)[C@H](Cc1c[nH]cn1)NC(=O)[C@H](CCC(=O)O)NC(=O)[C@H](Cc1ccc(F)c(F)c1)NC(=O)[C@@H](NC(=O)[C@H](CC(C)C)NC(=O)CCNC(=S)Nc1ccc2c(c1)C(=O)OC21c2ccc(O)cc2Oc2cc(O)ccc21)[C@@H](C)O)C(=O)N[C@@H](C)C(=O)N[C@@H](CCC(N)=O)C(=O)N[C@@H](CC1CCC1)C(=O)N[C@H](C(=O)N[C@@H](CO)C(=O)N[C@@H](CCCCN)C(N)=O)[C@@H](C)O.